The van der Waals surface area contributed by atoms with Crippen LogP contribution in [-0.4, -0.2) is 27.5 Å². The highest BCUT2D eigenvalue weighted by Crippen LogP contribution is 2.25. The van der Waals surface area contributed by atoms with Crippen molar-refractivity contribution in [3.63, 3.8) is 0 Å². The van der Waals surface area contributed by atoms with Gasteiger partial charge in [-0.3, -0.25) is 4.79 Å². The molecular weight excluding hydrogens is 328 g/mol. The van der Waals surface area contributed by atoms with E-state index in [4.69, 9.17) is 4.74 Å². The molecule has 0 radical (unpaired) electrons. The number of sulfonamides is 1. The molecule has 6 nitrogen and oxygen atoms in total. The van der Waals surface area contributed by atoms with Crippen molar-refractivity contribution in [2.75, 3.05) is 18.5 Å². The number of carbonyl (C=O) groups is 1. The fourth-order valence-corrected chi connectivity index (χ4v) is 3.57. The highest BCUT2D eigenvalue weighted by Gasteiger charge is 2.21. The van der Waals surface area contributed by atoms with E-state index in [1.54, 1.807) is 6.07 Å². The van der Waals surface area contributed by atoms with Gasteiger partial charge in [0.1, 0.15) is 12.4 Å². The van der Waals surface area contributed by atoms with Gasteiger partial charge in [0.2, 0.25) is 15.9 Å². The van der Waals surface area contributed by atoms with Crippen LogP contribution in [0.3, 0.4) is 0 Å². The molecule has 0 fully saturated rings. The second-order valence-electron chi connectivity index (χ2n) is 5.61. The number of nitrogens with one attached hydrogen (secondary N) is 2. The minimum absolute atomic E-state index is 0.126. The highest BCUT2D eigenvalue weighted by atomic mass is 32.2. The minimum atomic E-state index is -3.63. The van der Waals surface area contributed by atoms with Crippen LogP contribution >= 0.6 is 0 Å². The summed E-state index contributed by atoms with van der Waals surface area (Å²) in [6, 6.07) is 12.2. The first kappa shape index (κ1) is 16.5. The first-order valence-corrected chi connectivity index (χ1v) is 9.04. The zero-order valence-corrected chi connectivity index (χ0v) is 14.0. The van der Waals surface area contributed by atoms with Gasteiger partial charge in [-0.2, -0.15) is 0 Å². The number of rotatable bonds is 6. The lowest BCUT2D eigenvalue weighted by Crippen LogP contribution is -2.28. The standard InChI is InChI=1S/C17H18N2O4S/c1-12-3-2-4-14(9-12)23-8-7-18-24(21,22)15-5-6-16-13(10-15)11-17(20)19-16/h2-6,9-10,18H,7-8,11H2,1H3,(H,19,20). The van der Waals surface area contributed by atoms with Gasteiger partial charge in [0.05, 0.1) is 11.3 Å². The van der Waals surface area contributed by atoms with Crippen LogP contribution in [0.1, 0.15) is 11.1 Å². The third-order valence-corrected chi connectivity index (χ3v) is 5.12. The van der Waals surface area contributed by atoms with Crippen molar-refractivity contribution in [1.82, 2.24) is 4.72 Å². The molecule has 2 aromatic rings. The zero-order chi connectivity index (χ0) is 17.2. The Kier molecular flexibility index (Phi) is 4.55. The molecule has 0 saturated heterocycles. The first-order chi connectivity index (χ1) is 11.4. The Morgan fingerprint density at radius 1 is 1.21 bits per heavy atom. The Balaban J connectivity index is 1.58. The van der Waals surface area contributed by atoms with E-state index < -0.39 is 10.0 Å². The van der Waals surface area contributed by atoms with E-state index in [-0.39, 0.29) is 30.4 Å². The number of fused-ring (bicyclic) bond motifs is 1. The van der Waals surface area contributed by atoms with Gasteiger partial charge >= 0.3 is 0 Å². The average Bonchev–Trinajstić information content (AvgIpc) is 2.91. The van der Waals surface area contributed by atoms with Gasteiger partial charge in [-0.1, -0.05) is 12.1 Å². The number of benzene rings is 2. The molecule has 2 N–H and O–H groups in total. The molecule has 0 atom stereocenters. The quantitative estimate of drug-likeness (QED) is 0.782. The van der Waals surface area contributed by atoms with E-state index in [1.165, 1.54) is 12.1 Å². The van der Waals surface area contributed by atoms with E-state index in [0.29, 0.717) is 17.0 Å². The molecule has 7 heteroatoms. The Morgan fingerprint density at radius 3 is 2.83 bits per heavy atom. The Hall–Kier alpha value is -2.38. The van der Waals surface area contributed by atoms with Crippen LogP contribution < -0.4 is 14.8 Å². The summed E-state index contributed by atoms with van der Waals surface area (Å²) in [6.07, 6.45) is 0.204. The molecule has 1 aliphatic heterocycles. The predicted molar refractivity (Wildman–Crippen MR) is 90.6 cm³/mol. The lowest BCUT2D eigenvalue weighted by atomic mass is 10.2. The predicted octanol–water partition coefficient (Wildman–Crippen LogP) is 1.85. The molecule has 0 aromatic heterocycles. The Bertz CT molecular complexity index is 878. The lowest BCUT2D eigenvalue weighted by Gasteiger charge is -2.10. The molecule has 0 saturated carbocycles. The number of hydrogen-bond donors (Lipinski definition) is 2. The SMILES string of the molecule is Cc1cccc(OCCNS(=O)(=O)c2ccc3c(c2)CC(=O)N3)c1. The fourth-order valence-electron chi connectivity index (χ4n) is 2.51. The van der Waals surface area contributed by atoms with E-state index in [0.717, 1.165) is 5.56 Å². The van der Waals surface area contributed by atoms with Gasteiger partial charge in [0.25, 0.3) is 0 Å². The topological polar surface area (TPSA) is 84.5 Å². The van der Waals surface area contributed by atoms with Crippen molar-refractivity contribution in [3.8, 4) is 5.75 Å². The van der Waals surface area contributed by atoms with Gasteiger partial charge in [-0.05, 0) is 48.4 Å². The molecule has 1 aliphatic rings. The summed E-state index contributed by atoms with van der Waals surface area (Å²) in [5.74, 6) is 0.579. The van der Waals surface area contributed by atoms with Crippen molar-refractivity contribution >= 4 is 21.6 Å². The minimum Gasteiger partial charge on any atom is -0.492 e. The normalized spacial score (nSPS) is 13.5. The van der Waals surface area contributed by atoms with Gasteiger partial charge < -0.3 is 10.1 Å². The van der Waals surface area contributed by atoms with Crippen molar-refractivity contribution in [3.05, 3.63) is 53.6 Å². The molecular formula is C17H18N2O4S. The highest BCUT2D eigenvalue weighted by molar-refractivity contribution is 7.89. The zero-order valence-electron chi connectivity index (χ0n) is 13.2. The second-order valence-corrected chi connectivity index (χ2v) is 7.37. The van der Waals surface area contributed by atoms with Crippen LogP contribution in [0.4, 0.5) is 5.69 Å². The summed E-state index contributed by atoms with van der Waals surface area (Å²) in [5.41, 5.74) is 2.44. The molecule has 3 rings (SSSR count). The molecule has 0 spiro atoms. The fraction of sp³-hybridized carbons (Fsp3) is 0.235. The summed E-state index contributed by atoms with van der Waals surface area (Å²) in [6.45, 7) is 2.35. The number of amides is 1. The summed E-state index contributed by atoms with van der Waals surface area (Å²) in [7, 11) is -3.63. The first-order valence-electron chi connectivity index (χ1n) is 7.56. The molecule has 1 amide bonds. The van der Waals surface area contributed by atoms with E-state index >= 15 is 0 Å². The van der Waals surface area contributed by atoms with Crippen LogP contribution in [-0.2, 0) is 21.2 Å². The molecule has 0 bridgehead atoms. The number of carbonyl (C=O) groups excluding carboxylic acids is 1. The van der Waals surface area contributed by atoms with Crippen molar-refractivity contribution in [2.45, 2.75) is 18.2 Å². The van der Waals surface area contributed by atoms with E-state index in [9.17, 15) is 13.2 Å². The maximum Gasteiger partial charge on any atom is 0.240 e. The second kappa shape index (κ2) is 6.62. The summed E-state index contributed by atoms with van der Waals surface area (Å²) >= 11 is 0. The summed E-state index contributed by atoms with van der Waals surface area (Å²) < 4.78 is 32.6. The number of aryl methyl sites for hydroxylation is 1. The monoisotopic (exact) mass is 346 g/mol. The smallest absolute Gasteiger partial charge is 0.240 e. The van der Waals surface area contributed by atoms with Crippen LogP contribution in [0.5, 0.6) is 5.75 Å². The molecule has 2 aromatic carbocycles. The third kappa shape index (κ3) is 3.74. The summed E-state index contributed by atoms with van der Waals surface area (Å²) in [5, 5.41) is 2.68. The average molecular weight is 346 g/mol. The van der Waals surface area contributed by atoms with Gasteiger partial charge in [0.15, 0.2) is 0 Å². The molecule has 24 heavy (non-hydrogen) atoms. The van der Waals surface area contributed by atoms with Crippen LogP contribution in [0.25, 0.3) is 0 Å². The molecule has 0 aliphatic carbocycles. The Labute approximate surface area is 140 Å². The summed E-state index contributed by atoms with van der Waals surface area (Å²) in [4.78, 5) is 11.5. The lowest BCUT2D eigenvalue weighted by molar-refractivity contribution is -0.115. The third-order valence-electron chi connectivity index (χ3n) is 3.66. The maximum absolute atomic E-state index is 12.3. The van der Waals surface area contributed by atoms with Gasteiger partial charge in [-0.25, -0.2) is 13.1 Å². The van der Waals surface area contributed by atoms with Crippen molar-refractivity contribution in [2.24, 2.45) is 0 Å². The Morgan fingerprint density at radius 2 is 2.04 bits per heavy atom. The van der Waals surface area contributed by atoms with Crippen LogP contribution in [0.2, 0.25) is 0 Å². The van der Waals surface area contributed by atoms with Crippen molar-refractivity contribution in [1.29, 1.82) is 0 Å². The van der Waals surface area contributed by atoms with E-state index in [1.807, 2.05) is 31.2 Å². The largest absolute Gasteiger partial charge is 0.492 e. The number of ether oxygens (including phenoxy) is 1. The molecule has 0 unspecified atom stereocenters. The van der Waals surface area contributed by atoms with Gasteiger partial charge in [-0.15, -0.1) is 0 Å². The van der Waals surface area contributed by atoms with Crippen LogP contribution in [0.15, 0.2) is 47.4 Å². The number of anilines is 1. The number of hydrogen-bond acceptors (Lipinski definition) is 4. The maximum atomic E-state index is 12.3. The van der Waals surface area contributed by atoms with Crippen LogP contribution in [0, 0.1) is 6.92 Å². The van der Waals surface area contributed by atoms with Crippen molar-refractivity contribution < 1.29 is 17.9 Å². The van der Waals surface area contributed by atoms with E-state index in [2.05, 4.69) is 10.0 Å². The van der Waals surface area contributed by atoms with Gasteiger partial charge in [0, 0.05) is 12.2 Å². The molecule has 126 valence electrons. The molecule has 1 heterocycles.